The second kappa shape index (κ2) is 8.01. The van der Waals surface area contributed by atoms with Gasteiger partial charge in [-0.05, 0) is 43.7 Å². The summed E-state index contributed by atoms with van der Waals surface area (Å²) in [6.07, 6.45) is 8.78. The maximum absolute atomic E-state index is 11.5. The number of ketones is 1. The third kappa shape index (κ3) is 4.61. The van der Waals surface area contributed by atoms with Crippen molar-refractivity contribution < 1.29 is 9.90 Å². The van der Waals surface area contributed by atoms with Crippen molar-refractivity contribution in [1.82, 2.24) is 0 Å². The van der Waals surface area contributed by atoms with Crippen LogP contribution in [0.4, 0.5) is 0 Å². The molecular weight excluding hydrogens is 248 g/mol. The Balaban J connectivity index is 1.69. The SMILES string of the molecule is O=C1C=C(CCCCCc2ccccc2)C(CO)CC1. The van der Waals surface area contributed by atoms with Crippen molar-refractivity contribution in [3.05, 3.63) is 47.5 Å². The maximum Gasteiger partial charge on any atom is 0.155 e. The largest absolute Gasteiger partial charge is 0.396 e. The summed E-state index contributed by atoms with van der Waals surface area (Å²) in [5.41, 5.74) is 2.57. The lowest BCUT2D eigenvalue weighted by Crippen LogP contribution is -2.17. The van der Waals surface area contributed by atoms with Crippen LogP contribution in [0.25, 0.3) is 0 Å². The van der Waals surface area contributed by atoms with Crippen molar-refractivity contribution >= 4 is 5.78 Å². The number of aliphatic hydroxyl groups is 1. The van der Waals surface area contributed by atoms with Crippen LogP contribution in [0.1, 0.15) is 44.1 Å². The fourth-order valence-corrected chi connectivity index (χ4v) is 2.86. The van der Waals surface area contributed by atoms with Gasteiger partial charge in [0, 0.05) is 18.9 Å². The van der Waals surface area contributed by atoms with E-state index in [-0.39, 0.29) is 18.3 Å². The predicted octanol–water partition coefficient (Wildman–Crippen LogP) is 3.69. The first-order chi connectivity index (χ1) is 9.79. The molecule has 1 atom stereocenters. The van der Waals surface area contributed by atoms with Crippen molar-refractivity contribution in [2.24, 2.45) is 5.92 Å². The number of benzene rings is 1. The zero-order chi connectivity index (χ0) is 14.2. The van der Waals surface area contributed by atoms with Crippen LogP contribution in [0.2, 0.25) is 0 Å². The Morgan fingerprint density at radius 1 is 1.05 bits per heavy atom. The summed E-state index contributed by atoms with van der Waals surface area (Å²) >= 11 is 0. The Kier molecular flexibility index (Phi) is 6.00. The van der Waals surface area contributed by atoms with E-state index in [0.29, 0.717) is 6.42 Å². The molecule has 20 heavy (non-hydrogen) atoms. The van der Waals surface area contributed by atoms with E-state index in [9.17, 15) is 9.90 Å². The third-order valence-corrected chi connectivity index (χ3v) is 4.10. The average Bonchev–Trinajstić information content (AvgIpc) is 2.48. The van der Waals surface area contributed by atoms with Gasteiger partial charge in [0.05, 0.1) is 0 Å². The first-order valence-electron chi connectivity index (χ1n) is 7.67. The molecule has 2 nitrogen and oxygen atoms in total. The van der Waals surface area contributed by atoms with Gasteiger partial charge in [-0.15, -0.1) is 0 Å². The average molecular weight is 272 g/mol. The second-order valence-corrected chi connectivity index (χ2v) is 5.65. The molecule has 1 aromatic carbocycles. The van der Waals surface area contributed by atoms with Gasteiger partial charge in [0.1, 0.15) is 0 Å². The first-order valence-corrected chi connectivity index (χ1v) is 7.67. The van der Waals surface area contributed by atoms with E-state index in [4.69, 9.17) is 0 Å². The van der Waals surface area contributed by atoms with Crippen LogP contribution in [0.3, 0.4) is 0 Å². The Hall–Kier alpha value is -1.41. The van der Waals surface area contributed by atoms with Gasteiger partial charge in [-0.1, -0.05) is 42.3 Å². The maximum atomic E-state index is 11.5. The number of hydrogen-bond donors (Lipinski definition) is 1. The highest BCUT2D eigenvalue weighted by molar-refractivity contribution is 5.91. The van der Waals surface area contributed by atoms with Gasteiger partial charge in [0.25, 0.3) is 0 Å². The molecular formula is C18H24O2. The summed E-state index contributed by atoms with van der Waals surface area (Å²) < 4.78 is 0. The lowest BCUT2D eigenvalue weighted by atomic mass is 9.85. The molecule has 0 amide bonds. The van der Waals surface area contributed by atoms with Crippen LogP contribution in [0.5, 0.6) is 0 Å². The highest BCUT2D eigenvalue weighted by Crippen LogP contribution is 2.27. The van der Waals surface area contributed by atoms with Gasteiger partial charge in [0.2, 0.25) is 0 Å². The topological polar surface area (TPSA) is 37.3 Å². The Bertz CT molecular complexity index is 448. The molecule has 1 aliphatic carbocycles. The lowest BCUT2D eigenvalue weighted by Gasteiger charge is -2.21. The molecule has 2 rings (SSSR count). The molecule has 0 spiro atoms. The molecule has 0 radical (unpaired) electrons. The normalized spacial score (nSPS) is 18.9. The molecule has 2 heteroatoms. The summed E-state index contributed by atoms with van der Waals surface area (Å²) in [7, 11) is 0. The molecule has 1 unspecified atom stereocenters. The predicted molar refractivity (Wildman–Crippen MR) is 81.5 cm³/mol. The molecule has 1 N–H and O–H groups in total. The molecule has 0 saturated heterocycles. The molecule has 0 bridgehead atoms. The van der Waals surface area contributed by atoms with E-state index in [1.54, 1.807) is 6.08 Å². The van der Waals surface area contributed by atoms with Gasteiger partial charge in [-0.2, -0.15) is 0 Å². The molecule has 108 valence electrons. The van der Waals surface area contributed by atoms with Gasteiger partial charge < -0.3 is 5.11 Å². The van der Waals surface area contributed by atoms with E-state index in [1.165, 1.54) is 24.0 Å². The van der Waals surface area contributed by atoms with Crippen LogP contribution in [0, 0.1) is 5.92 Å². The van der Waals surface area contributed by atoms with Crippen LogP contribution in [-0.4, -0.2) is 17.5 Å². The van der Waals surface area contributed by atoms with E-state index >= 15 is 0 Å². The molecule has 0 aliphatic heterocycles. The van der Waals surface area contributed by atoms with Gasteiger partial charge in [-0.3, -0.25) is 4.79 Å². The summed E-state index contributed by atoms with van der Waals surface area (Å²) in [5.74, 6) is 0.454. The lowest BCUT2D eigenvalue weighted by molar-refractivity contribution is -0.115. The van der Waals surface area contributed by atoms with Crippen molar-refractivity contribution in [2.45, 2.75) is 44.9 Å². The zero-order valence-electron chi connectivity index (χ0n) is 12.1. The second-order valence-electron chi connectivity index (χ2n) is 5.65. The van der Waals surface area contributed by atoms with E-state index < -0.39 is 0 Å². The monoisotopic (exact) mass is 272 g/mol. The third-order valence-electron chi connectivity index (χ3n) is 4.10. The Labute approximate surface area is 121 Å². The number of hydrogen-bond acceptors (Lipinski definition) is 2. The Morgan fingerprint density at radius 3 is 2.55 bits per heavy atom. The van der Waals surface area contributed by atoms with Crippen molar-refractivity contribution in [1.29, 1.82) is 0 Å². The number of unbranched alkanes of at least 4 members (excludes halogenated alkanes) is 2. The molecule has 1 aromatic rings. The number of aliphatic hydroxyl groups excluding tert-OH is 1. The number of allylic oxidation sites excluding steroid dienone is 1. The standard InChI is InChI=1S/C18H24O2/c19-14-17-11-12-18(20)13-16(17)10-6-2-5-9-15-7-3-1-4-8-15/h1,3-4,7-8,13,17,19H,2,5-6,9-12,14H2. The number of aryl methyl sites for hydroxylation is 1. The summed E-state index contributed by atoms with van der Waals surface area (Å²) in [4.78, 5) is 11.5. The number of rotatable bonds is 7. The van der Waals surface area contributed by atoms with Crippen LogP contribution < -0.4 is 0 Å². The van der Waals surface area contributed by atoms with Crippen molar-refractivity contribution in [2.75, 3.05) is 6.61 Å². The minimum absolute atomic E-state index is 0.184. The summed E-state index contributed by atoms with van der Waals surface area (Å²) in [5, 5.41) is 9.35. The molecule has 1 aliphatic rings. The van der Waals surface area contributed by atoms with Crippen LogP contribution >= 0.6 is 0 Å². The highest BCUT2D eigenvalue weighted by atomic mass is 16.3. The molecule has 0 saturated carbocycles. The zero-order valence-corrected chi connectivity index (χ0v) is 12.1. The smallest absolute Gasteiger partial charge is 0.155 e. The van der Waals surface area contributed by atoms with Crippen molar-refractivity contribution in [3.63, 3.8) is 0 Å². The van der Waals surface area contributed by atoms with E-state index in [2.05, 4.69) is 24.3 Å². The minimum Gasteiger partial charge on any atom is -0.396 e. The fraction of sp³-hybridized carbons (Fsp3) is 0.500. The van der Waals surface area contributed by atoms with Gasteiger partial charge >= 0.3 is 0 Å². The molecule has 0 heterocycles. The first kappa shape index (κ1) is 15.0. The quantitative estimate of drug-likeness (QED) is 0.769. The van der Waals surface area contributed by atoms with E-state index in [0.717, 1.165) is 25.7 Å². The van der Waals surface area contributed by atoms with Crippen molar-refractivity contribution in [3.8, 4) is 0 Å². The highest BCUT2D eigenvalue weighted by Gasteiger charge is 2.20. The molecule has 0 fully saturated rings. The summed E-state index contributed by atoms with van der Waals surface area (Å²) in [6.45, 7) is 0.184. The van der Waals surface area contributed by atoms with Crippen LogP contribution in [0.15, 0.2) is 42.0 Å². The molecule has 0 aromatic heterocycles. The number of carbonyl (C=O) groups excluding carboxylic acids is 1. The fourth-order valence-electron chi connectivity index (χ4n) is 2.86. The number of carbonyl (C=O) groups is 1. The van der Waals surface area contributed by atoms with Gasteiger partial charge in [0.15, 0.2) is 5.78 Å². The Morgan fingerprint density at radius 2 is 1.80 bits per heavy atom. The summed E-state index contributed by atoms with van der Waals surface area (Å²) in [6, 6.07) is 10.6. The van der Waals surface area contributed by atoms with Gasteiger partial charge in [-0.25, -0.2) is 0 Å². The minimum atomic E-state index is 0.184. The van der Waals surface area contributed by atoms with E-state index in [1.807, 2.05) is 6.07 Å². The van der Waals surface area contributed by atoms with Crippen LogP contribution in [-0.2, 0) is 11.2 Å².